The minimum Gasteiger partial charge on any atom is -0.481 e. The van der Waals surface area contributed by atoms with Gasteiger partial charge in [0.1, 0.15) is 0 Å². The third-order valence-electron chi connectivity index (χ3n) is 3.39. The number of rotatable bonds is 8. The lowest BCUT2D eigenvalue weighted by Gasteiger charge is -2.21. The fourth-order valence-corrected chi connectivity index (χ4v) is 2.71. The Morgan fingerprint density at radius 1 is 1.38 bits per heavy atom. The molecule has 0 aromatic carbocycles. The summed E-state index contributed by atoms with van der Waals surface area (Å²) in [6, 6.07) is 3.93. The van der Waals surface area contributed by atoms with E-state index in [1.54, 1.807) is 30.2 Å². The van der Waals surface area contributed by atoms with Crippen molar-refractivity contribution >= 4 is 23.3 Å². The van der Waals surface area contributed by atoms with Crippen LogP contribution in [0.15, 0.2) is 17.5 Å². The Morgan fingerprint density at radius 2 is 2.10 bits per heavy atom. The summed E-state index contributed by atoms with van der Waals surface area (Å²) in [5.41, 5.74) is 0. The quantitative estimate of drug-likeness (QED) is 0.774. The van der Waals surface area contributed by atoms with Crippen LogP contribution in [-0.2, 0) is 11.3 Å². The first-order valence-corrected chi connectivity index (χ1v) is 8.05. The van der Waals surface area contributed by atoms with Crippen LogP contribution >= 0.6 is 11.3 Å². The number of nitrogens with zero attached hydrogens (tertiary/aromatic N) is 1. The lowest BCUT2D eigenvalue weighted by Crippen LogP contribution is -2.41. The molecule has 1 rings (SSSR count). The summed E-state index contributed by atoms with van der Waals surface area (Å²) >= 11 is 1.63. The topological polar surface area (TPSA) is 69.6 Å². The number of hydrogen-bond acceptors (Lipinski definition) is 3. The maximum Gasteiger partial charge on any atom is 0.317 e. The number of hydrogen-bond donors (Lipinski definition) is 2. The predicted molar refractivity (Wildman–Crippen MR) is 84.4 cm³/mol. The van der Waals surface area contributed by atoms with Crippen molar-refractivity contribution in [2.24, 2.45) is 5.92 Å². The van der Waals surface area contributed by atoms with E-state index in [0.717, 1.165) is 17.7 Å². The smallest absolute Gasteiger partial charge is 0.317 e. The standard InChI is InChI=1S/C15H24N2O3S/c1-11(14(18)19)6-4-7-12(2)16-15(20)17(3)10-13-8-5-9-21-13/h5,8-9,11-12H,4,6-7,10H2,1-3H3,(H,16,20)(H,18,19). The Hall–Kier alpha value is -1.56. The molecule has 0 fully saturated rings. The van der Waals surface area contributed by atoms with E-state index in [1.807, 2.05) is 24.4 Å². The van der Waals surface area contributed by atoms with Gasteiger partial charge in [0.15, 0.2) is 0 Å². The Balaban J connectivity index is 2.25. The summed E-state index contributed by atoms with van der Waals surface area (Å²) in [6.45, 7) is 4.26. The second-order valence-corrected chi connectivity index (χ2v) is 6.49. The summed E-state index contributed by atoms with van der Waals surface area (Å²) in [4.78, 5) is 25.5. The third kappa shape index (κ3) is 6.62. The number of thiophene rings is 1. The van der Waals surface area contributed by atoms with Crippen LogP contribution in [0.25, 0.3) is 0 Å². The summed E-state index contributed by atoms with van der Waals surface area (Å²) in [5.74, 6) is -1.09. The SMILES string of the molecule is CC(CCCC(C)C(=O)O)NC(=O)N(C)Cc1cccs1. The van der Waals surface area contributed by atoms with Crippen LogP contribution in [0.2, 0.25) is 0 Å². The van der Waals surface area contributed by atoms with Gasteiger partial charge in [-0.3, -0.25) is 4.79 Å². The molecular formula is C15H24N2O3S. The monoisotopic (exact) mass is 312 g/mol. The van der Waals surface area contributed by atoms with Crippen molar-refractivity contribution in [2.75, 3.05) is 7.05 Å². The molecule has 2 unspecified atom stereocenters. The molecule has 0 radical (unpaired) electrons. The van der Waals surface area contributed by atoms with Gasteiger partial charge in [0, 0.05) is 18.0 Å². The van der Waals surface area contributed by atoms with Crippen LogP contribution in [0.5, 0.6) is 0 Å². The fraction of sp³-hybridized carbons (Fsp3) is 0.600. The highest BCUT2D eigenvalue weighted by Gasteiger charge is 2.14. The maximum absolute atomic E-state index is 12.0. The number of carboxylic acids is 1. The molecular weight excluding hydrogens is 288 g/mol. The molecule has 0 spiro atoms. The zero-order valence-electron chi connectivity index (χ0n) is 12.8. The molecule has 0 bridgehead atoms. The molecule has 21 heavy (non-hydrogen) atoms. The number of carbonyl (C=O) groups excluding carboxylic acids is 1. The highest BCUT2D eigenvalue weighted by atomic mass is 32.1. The molecule has 0 aliphatic heterocycles. The highest BCUT2D eigenvalue weighted by molar-refractivity contribution is 7.09. The minimum absolute atomic E-state index is 0.0456. The van der Waals surface area contributed by atoms with Crippen molar-refractivity contribution in [3.63, 3.8) is 0 Å². The molecule has 118 valence electrons. The van der Waals surface area contributed by atoms with Gasteiger partial charge in [0.2, 0.25) is 0 Å². The summed E-state index contributed by atoms with van der Waals surface area (Å²) < 4.78 is 0. The van der Waals surface area contributed by atoms with Crippen molar-refractivity contribution < 1.29 is 14.7 Å². The molecule has 1 heterocycles. The van der Waals surface area contributed by atoms with E-state index in [1.165, 1.54) is 0 Å². The summed E-state index contributed by atoms with van der Waals surface area (Å²) in [7, 11) is 1.77. The van der Waals surface area contributed by atoms with Gasteiger partial charge in [-0.15, -0.1) is 11.3 Å². The maximum atomic E-state index is 12.0. The largest absolute Gasteiger partial charge is 0.481 e. The third-order valence-corrected chi connectivity index (χ3v) is 4.25. The van der Waals surface area contributed by atoms with Gasteiger partial charge in [0.05, 0.1) is 12.5 Å². The highest BCUT2D eigenvalue weighted by Crippen LogP contribution is 2.12. The number of nitrogens with one attached hydrogen (secondary N) is 1. The molecule has 5 nitrogen and oxygen atoms in total. The van der Waals surface area contributed by atoms with Crippen LogP contribution in [0.3, 0.4) is 0 Å². The van der Waals surface area contributed by atoms with Gasteiger partial charge in [0.25, 0.3) is 0 Å². The number of aliphatic carboxylic acids is 1. The van der Waals surface area contributed by atoms with Crippen LogP contribution in [0.1, 0.15) is 38.0 Å². The van der Waals surface area contributed by atoms with E-state index in [-0.39, 0.29) is 18.0 Å². The van der Waals surface area contributed by atoms with Gasteiger partial charge < -0.3 is 15.3 Å². The summed E-state index contributed by atoms with van der Waals surface area (Å²) in [6.07, 6.45) is 2.22. The van der Waals surface area contributed by atoms with Crippen LogP contribution in [-0.4, -0.2) is 35.1 Å². The molecule has 0 aliphatic rings. The lowest BCUT2D eigenvalue weighted by atomic mass is 10.0. The van der Waals surface area contributed by atoms with Crippen molar-refractivity contribution in [2.45, 2.75) is 45.7 Å². The van der Waals surface area contributed by atoms with E-state index < -0.39 is 5.97 Å². The number of carbonyl (C=O) groups is 2. The zero-order valence-corrected chi connectivity index (χ0v) is 13.7. The van der Waals surface area contributed by atoms with Gasteiger partial charge in [-0.1, -0.05) is 19.4 Å². The molecule has 2 amide bonds. The average Bonchev–Trinajstić information content (AvgIpc) is 2.91. The van der Waals surface area contributed by atoms with Crippen LogP contribution < -0.4 is 5.32 Å². The van der Waals surface area contributed by atoms with Crippen molar-refractivity contribution in [3.8, 4) is 0 Å². The molecule has 6 heteroatoms. The van der Waals surface area contributed by atoms with Gasteiger partial charge >= 0.3 is 12.0 Å². The molecule has 2 N–H and O–H groups in total. The van der Waals surface area contributed by atoms with E-state index in [9.17, 15) is 9.59 Å². The van der Waals surface area contributed by atoms with E-state index >= 15 is 0 Å². The van der Waals surface area contributed by atoms with Gasteiger partial charge in [-0.25, -0.2) is 4.79 Å². The first kappa shape index (κ1) is 17.5. The molecule has 0 saturated carbocycles. The number of carboxylic acid groups (broad SMARTS) is 1. The molecule has 0 saturated heterocycles. The second-order valence-electron chi connectivity index (χ2n) is 5.46. The zero-order chi connectivity index (χ0) is 15.8. The van der Waals surface area contributed by atoms with E-state index in [2.05, 4.69) is 5.32 Å². The first-order valence-electron chi connectivity index (χ1n) is 7.17. The number of urea groups is 1. The summed E-state index contributed by atoms with van der Waals surface area (Å²) in [5, 5.41) is 13.7. The van der Waals surface area contributed by atoms with Crippen molar-refractivity contribution in [1.29, 1.82) is 0 Å². The molecule has 1 aromatic heterocycles. The van der Waals surface area contributed by atoms with Crippen LogP contribution in [0, 0.1) is 5.92 Å². The number of amides is 2. The van der Waals surface area contributed by atoms with Crippen molar-refractivity contribution in [3.05, 3.63) is 22.4 Å². The molecule has 2 atom stereocenters. The van der Waals surface area contributed by atoms with E-state index in [4.69, 9.17) is 5.11 Å². The Kier molecular flexibility index (Phi) is 7.22. The fourth-order valence-electron chi connectivity index (χ4n) is 1.95. The normalized spacial score (nSPS) is 13.5. The Bertz CT molecular complexity index is 448. The minimum atomic E-state index is -0.762. The van der Waals surface area contributed by atoms with Gasteiger partial charge in [-0.05, 0) is 31.2 Å². The van der Waals surface area contributed by atoms with E-state index in [0.29, 0.717) is 13.0 Å². The molecule has 1 aromatic rings. The average molecular weight is 312 g/mol. The molecule has 0 aliphatic carbocycles. The first-order chi connectivity index (χ1) is 9.90. The lowest BCUT2D eigenvalue weighted by molar-refractivity contribution is -0.141. The predicted octanol–water partition coefficient (Wildman–Crippen LogP) is 3.17. The van der Waals surface area contributed by atoms with Gasteiger partial charge in [-0.2, -0.15) is 0 Å². The Labute approximate surface area is 130 Å². The van der Waals surface area contributed by atoms with Crippen LogP contribution in [0.4, 0.5) is 4.79 Å². The second kappa shape index (κ2) is 8.67. The van der Waals surface area contributed by atoms with Crippen molar-refractivity contribution in [1.82, 2.24) is 10.2 Å². The Morgan fingerprint density at radius 3 is 2.67 bits per heavy atom.